The average Bonchev–Trinajstić information content (AvgIpc) is 2.63. The molecule has 0 aliphatic rings. The molecule has 3 nitrogen and oxygen atoms in total. The van der Waals surface area contributed by atoms with Crippen molar-refractivity contribution in [3.8, 4) is 0 Å². The average molecular weight is 278 g/mol. The van der Waals surface area contributed by atoms with E-state index in [0.29, 0.717) is 5.15 Å². The maximum absolute atomic E-state index is 6.12. The van der Waals surface area contributed by atoms with E-state index < -0.39 is 0 Å². The Hall–Kier alpha value is -1.48. The van der Waals surface area contributed by atoms with Gasteiger partial charge in [-0.3, -0.25) is 0 Å². The second kappa shape index (κ2) is 5.66. The van der Waals surface area contributed by atoms with Crippen LogP contribution in [0.3, 0.4) is 0 Å². The van der Waals surface area contributed by atoms with E-state index in [1.807, 2.05) is 13.0 Å². The van der Waals surface area contributed by atoms with Crippen molar-refractivity contribution in [1.29, 1.82) is 0 Å². The van der Waals surface area contributed by atoms with Gasteiger partial charge < -0.3 is 9.88 Å². The zero-order valence-corrected chi connectivity index (χ0v) is 12.7. The topological polar surface area (TPSA) is 29.9 Å². The summed E-state index contributed by atoms with van der Waals surface area (Å²) in [7, 11) is 0. The number of hydrogen-bond acceptors (Lipinski definition) is 2. The third-order valence-electron chi connectivity index (χ3n) is 3.56. The minimum atomic E-state index is 0.532. The Balaban J connectivity index is 2.19. The molecule has 2 aromatic heterocycles. The van der Waals surface area contributed by atoms with Crippen molar-refractivity contribution >= 4 is 17.3 Å². The Morgan fingerprint density at radius 1 is 1.32 bits per heavy atom. The van der Waals surface area contributed by atoms with Crippen LogP contribution in [-0.2, 0) is 13.1 Å². The van der Waals surface area contributed by atoms with Gasteiger partial charge in [0.2, 0.25) is 0 Å². The molecule has 0 bridgehead atoms. The van der Waals surface area contributed by atoms with Crippen LogP contribution >= 0.6 is 11.6 Å². The molecule has 0 aliphatic heterocycles. The molecule has 0 spiro atoms. The summed E-state index contributed by atoms with van der Waals surface area (Å²) in [4.78, 5) is 4.11. The molecule has 0 aromatic carbocycles. The van der Waals surface area contributed by atoms with E-state index in [4.69, 9.17) is 11.6 Å². The van der Waals surface area contributed by atoms with Gasteiger partial charge in [0.25, 0.3) is 0 Å². The third kappa shape index (κ3) is 2.76. The van der Waals surface area contributed by atoms with Crippen LogP contribution < -0.4 is 5.32 Å². The first kappa shape index (κ1) is 13.9. The molecule has 0 unspecified atom stereocenters. The molecule has 0 saturated carbocycles. The number of pyridine rings is 1. The molecule has 0 aliphatic carbocycles. The molecule has 0 atom stereocenters. The first-order chi connectivity index (χ1) is 9.04. The highest BCUT2D eigenvalue weighted by Crippen LogP contribution is 2.24. The van der Waals surface area contributed by atoms with Gasteiger partial charge in [0.15, 0.2) is 5.15 Å². The molecule has 1 N–H and O–H groups in total. The first-order valence-corrected chi connectivity index (χ1v) is 6.93. The summed E-state index contributed by atoms with van der Waals surface area (Å²) in [5.41, 5.74) is 5.95. The second-order valence-corrected chi connectivity index (χ2v) is 5.15. The van der Waals surface area contributed by atoms with Crippen molar-refractivity contribution < 1.29 is 0 Å². The van der Waals surface area contributed by atoms with Gasteiger partial charge in [-0.25, -0.2) is 4.98 Å². The molecule has 0 saturated heterocycles. The van der Waals surface area contributed by atoms with E-state index in [1.54, 1.807) is 6.20 Å². The van der Waals surface area contributed by atoms with Crippen LogP contribution in [0.2, 0.25) is 5.15 Å². The molecule has 2 rings (SSSR count). The predicted molar refractivity (Wildman–Crippen MR) is 80.9 cm³/mol. The highest BCUT2D eigenvalue weighted by Gasteiger charge is 2.09. The Labute approximate surface area is 119 Å². The molecule has 0 amide bonds. The van der Waals surface area contributed by atoms with Gasteiger partial charge in [0.1, 0.15) is 0 Å². The van der Waals surface area contributed by atoms with Gasteiger partial charge in [0, 0.05) is 30.7 Å². The van der Waals surface area contributed by atoms with Crippen LogP contribution in [-0.4, -0.2) is 9.55 Å². The monoisotopic (exact) mass is 277 g/mol. The molecule has 102 valence electrons. The maximum Gasteiger partial charge on any atom is 0.152 e. The summed E-state index contributed by atoms with van der Waals surface area (Å²) in [5.74, 6) is 0. The van der Waals surface area contributed by atoms with Gasteiger partial charge in [-0.15, -0.1) is 0 Å². The Bertz CT molecular complexity index is 567. The van der Waals surface area contributed by atoms with Gasteiger partial charge in [-0.1, -0.05) is 11.6 Å². The third-order valence-corrected chi connectivity index (χ3v) is 3.85. The molecule has 0 fully saturated rings. The van der Waals surface area contributed by atoms with Gasteiger partial charge in [0.05, 0.1) is 5.69 Å². The van der Waals surface area contributed by atoms with E-state index >= 15 is 0 Å². The lowest BCUT2D eigenvalue weighted by Crippen LogP contribution is -2.04. The Morgan fingerprint density at radius 2 is 2.05 bits per heavy atom. The molecule has 19 heavy (non-hydrogen) atoms. The lowest BCUT2D eigenvalue weighted by atomic mass is 10.2. The predicted octanol–water partition coefficient (Wildman–Crippen LogP) is 4.09. The normalized spacial score (nSPS) is 10.8. The van der Waals surface area contributed by atoms with E-state index in [9.17, 15) is 0 Å². The summed E-state index contributed by atoms with van der Waals surface area (Å²) < 4.78 is 2.31. The molecule has 4 heteroatoms. The second-order valence-electron chi connectivity index (χ2n) is 4.79. The highest BCUT2D eigenvalue weighted by molar-refractivity contribution is 6.32. The standard InChI is InChI=1S/C15H20ClN3/c1-5-19-11(3)8-13(12(19)4)9-18-14-10(2)6-7-17-15(14)16/h6-8,18H,5,9H2,1-4H3. The van der Waals surface area contributed by atoms with Crippen molar-refractivity contribution in [2.75, 3.05) is 5.32 Å². The number of anilines is 1. The SMILES string of the molecule is CCn1c(C)cc(CNc2c(C)ccnc2Cl)c1C. The molecular weight excluding hydrogens is 258 g/mol. The number of hydrogen-bond donors (Lipinski definition) is 1. The minimum Gasteiger partial charge on any atom is -0.378 e. The number of aryl methyl sites for hydroxylation is 2. The van der Waals surface area contributed by atoms with Crippen LogP contribution in [0, 0.1) is 20.8 Å². The zero-order chi connectivity index (χ0) is 14.0. The first-order valence-electron chi connectivity index (χ1n) is 6.55. The molecule has 0 radical (unpaired) electrons. The van der Waals surface area contributed by atoms with Crippen LogP contribution in [0.25, 0.3) is 0 Å². The van der Waals surface area contributed by atoms with Crippen LogP contribution in [0.1, 0.15) is 29.4 Å². The van der Waals surface area contributed by atoms with Gasteiger partial charge >= 0.3 is 0 Å². The quantitative estimate of drug-likeness (QED) is 0.853. The zero-order valence-electron chi connectivity index (χ0n) is 11.9. The van der Waals surface area contributed by atoms with Crippen molar-refractivity contribution in [3.63, 3.8) is 0 Å². The smallest absolute Gasteiger partial charge is 0.152 e. The van der Waals surface area contributed by atoms with Crippen molar-refractivity contribution in [3.05, 3.63) is 46.0 Å². The van der Waals surface area contributed by atoms with Crippen LogP contribution in [0.4, 0.5) is 5.69 Å². The van der Waals surface area contributed by atoms with E-state index in [0.717, 1.165) is 24.3 Å². The summed E-state index contributed by atoms with van der Waals surface area (Å²) in [5, 5.41) is 3.93. The number of nitrogens with one attached hydrogen (secondary N) is 1. The number of nitrogens with zero attached hydrogens (tertiary/aromatic N) is 2. The fraction of sp³-hybridized carbons (Fsp3) is 0.400. The summed E-state index contributed by atoms with van der Waals surface area (Å²) in [6.07, 6.45) is 1.73. The fourth-order valence-electron chi connectivity index (χ4n) is 2.46. The fourth-order valence-corrected chi connectivity index (χ4v) is 2.73. The summed E-state index contributed by atoms with van der Waals surface area (Å²) in [6, 6.07) is 4.19. The lowest BCUT2D eigenvalue weighted by Gasteiger charge is -2.11. The lowest BCUT2D eigenvalue weighted by molar-refractivity contribution is 0.715. The Kier molecular flexibility index (Phi) is 4.15. The number of rotatable bonds is 4. The van der Waals surface area contributed by atoms with Gasteiger partial charge in [-0.2, -0.15) is 0 Å². The van der Waals surface area contributed by atoms with E-state index in [2.05, 4.69) is 41.7 Å². The molecule has 2 aromatic rings. The van der Waals surface area contributed by atoms with Gasteiger partial charge in [-0.05, 0) is 51.0 Å². The van der Waals surface area contributed by atoms with E-state index in [1.165, 1.54) is 17.0 Å². The largest absolute Gasteiger partial charge is 0.378 e. The van der Waals surface area contributed by atoms with Crippen LogP contribution in [0.5, 0.6) is 0 Å². The number of halogens is 1. The molecule has 2 heterocycles. The Morgan fingerprint density at radius 3 is 2.63 bits per heavy atom. The van der Waals surface area contributed by atoms with Crippen molar-refractivity contribution in [2.45, 2.75) is 40.8 Å². The van der Waals surface area contributed by atoms with Crippen molar-refractivity contribution in [1.82, 2.24) is 9.55 Å². The van der Waals surface area contributed by atoms with Crippen molar-refractivity contribution in [2.24, 2.45) is 0 Å². The summed E-state index contributed by atoms with van der Waals surface area (Å²) >= 11 is 6.12. The maximum atomic E-state index is 6.12. The highest BCUT2D eigenvalue weighted by atomic mass is 35.5. The van der Waals surface area contributed by atoms with E-state index in [-0.39, 0.29) is 0 Å². The number of aromatic nitrogens is 2. The molecular formula is C15H20ClN3. The minimum absolute atomic E-state index is 0.532. The summed E-state index contributed by atoms with van der Waals surface area (Å²) in [6.45, 7) is 10.3. The van der Waals surface area contributed by atoms with Crippen LogP contribution in [0.15, 0.2) is 18.3 Å².